The fourth-order valence-electron chi connectivity index (χ4n) is 4.46. The molecule has 218 valence electrons. The number of piperidine rings is 1. The molecule has 0 aromatic heterocycles. The number of piperazine rings is 1. The first-order valence-corrected chi connectivity index (χ1v) is 14.9. The van der Waals surface area contributed by atoms with Crippen molar-refractivity contribution in [3.05, 3.63) is 34.9 Å². The number of benzene rings is 1. The van der Waals surface area contributed by atoms with Gasteiger partial charge in [0.2, 0.25) is 0 Å². The van der Waals surface area contributed by atoms with Crippen molar-refractivity contribution in [2.75, 3.05) is 32.7 Å². The normalized spacial score (nSPS) is 20.5. The van der Waals surface area contributed by atoms with E-state index in [9.17, 15) is 22.8 Å². The highest BCUT2D eigenvalue weighted by molar-refractivity contribution is 7.86. The zero-order valence-corrected chi connectivity index (χ0v) is 25.1. The molecule has 1 aromatic rings. The number of carbonyl (C=O) groups is 3. The van der Waals surface area contributed by atoms with Crippen molar-refractivity contribution in [2.45, 2.75) is 71.6 Å². The molecule has 39 heavy (non-hydrogen) atoms. The van der Waals surface area contributed by atoms with Crippen LogP contribution in [0.25, 0.3) is 0 Å². The zero-order valence-electron chi connectivity index (χ0n) is 23.5. The van der Waals surface area contributed by atoms with Gasteiger partial charge in [-0.2, -0.15) is 17.0 Å². The average molecular weight is 586 g/mol. The maximum absolute atomic E-state index is 13.8. The number of halogens is 1. The van der Waals surface area contributed by atoms with Gasteiger partial charge in [0.15, 0.2) is 5.78 Å². The second-order valence-corrected chi connectivity index (χ2v) is 14.3. The van der Waals surface area contributed by atoms with Crippen LogP contribution in [0.3, 0.4) is 0 Å². The maximum Gasteiger partial charge on any atom is 0.317 e. The minimum atomic E-state index is -4.07. The number of hydroxylamine groups is 1. The first kappa shape index (κ1) is 31.3. The Labute approximate surface area is 236 Å². The number of ketones is 1. The molecule has 2 aliphatic rings. The lowest BCUT2D eigenvalue weighted by atomic mass is 9.90. The molecule has 1 unspecified atom stereocenters. The van der Waals surface area contributed by atoms with Crippen molar-refractivity contribution in [1.29, 1.82) is 0 Å². The molecular weight excluding hydrogens is 546 g/mol. The molecule has 1 atom stereocenters. The highest BCUT2D eigenvalue weighted by atomic mass is 35.5. The first-order valence-electron chi connectivity index (χ1n) is 13.1. The summed E-state index contributed by atoms with van der Waals surface area (Å²) in [6.07, 6.45) is 0.720. The fourth-order valence-corrected chi connectivity index (χ4v) is 6.35. The summed E-state index contributed by atoms with van der Waals surface area (Å²) >= 11 is 5.92. The lowest BCUT2D eigenvalue weighted by molar-refractivity contribution is -0.150. The van der Waals surface area contributed by atoms with E-state index in [0.717, 1.165) is 4.31 Å². The van der Waals surface area contributed by atoms with Crippen LogP contribution in [0.2, 0.25) is 5.02 Å². The van der Waals surface area contributed by atoms with Gasteiger partial charge in [-0.3, -0.25) is 14.4 Å². The monoisotopic (exact) mass is 585 g/mol. The van der Waals surface area contributed by atoms with E-state index in [1.165, 1.54) is 9.21 Å². The van der Waals surface area contributed by atoms with Crippen molar-refractivity contribution in [1.82, 2.24) is 24.3 Å². The van der Waals surface area contributed by atoms with Gasteiger partial charge in [0, 0.05) is 54.8 Å². The van der Waals surface area contributed by atoms with Crippen molar-refractivity contribution >= 4 is 39.5 Å². The van der Waals surface area contributed by atoms with E-state index in [1.807, 2.05) is 20.8 Å². The molecule has 2 saturated heterocycles. The van der Waals surface area contributed by atoms with Gasteiger partial charge < -0.3 is 10.2 Å². The largest absolute Gasteiger partial charge is 0.333 e. The van der Waals surface area contributed by atoms with Crippen LogP contribution in [0, 0.1) is 5.92 Å². The Hall–Kier alpha value is -2.25. The van der Waals surface area contributed by atoms with Crippen molar-refractivity contribution < 1.29 is 27.6 Å². The van der Waals surface area contributed by atoms with E-state index >= 15 is 0 Å². The summed E-state index contributed by atoms with van der Waals surface area (Å²) in [5, 5.41) is 3.40. The summed E-state index contributed by atoms with van der Waals surface area (Å²) in [4.78, 5) is 45.8. The third kappa shape index (κ3) is 8.37. The van der Waals surface area contributed by atoms with E-state index < -0.39 is 33.3 Å². The van der Waals surface area contributed by atoms with Crippen LogP contribution in [0.15, 0.2) is 24.3 Å². The molecule has 2 fully saturated rings. The molecule has 1 aromatic carbocycles. The van der Waals surface area contributed by atoms with E-state index in [0.29, 0.717) is 23.4 Å². The smallest absolute Gasteiger partial charge is 0.317 e. The van der Waals surface area contributed by atoms with E-state index in [-0.39, 0.29) is 50.5 Å². The second kappa shape index (κ2) is 12.1. The van der Waals surface area contributed by atoms with Gasteiger partial charge in [0.05, 0.1) is 5.60 Å². The molecule has 0 aliphatic carbocycles. The molecule has 0 spiro atoms. The van der Waals surface area contributed by atoms with Crippen molar-refractivity contribution in [3.63, 3.8) is 0 Å². The van der Waals surface area contributed by atoms with E-state index in [2.05, 4.69) is 10.8 Å². The van der Waals surface area contributed by atoms with Gasteiger partial charge in [0.1, 0.15) is 6.04 Å². The second-order valence-electron chi connectivity index (χ2n) is 12.0. The van der Waals surface area contributed by atoms with Crippen LogP contribution in [0.1, 0.15) is 64.7 Å². The molecule has 0 bridgehead atoms. The minimum absolute atomic E-state index is 0.0428. The lowest BCUT2D eigenvalue weighted by Crippen LogP contribution is -2.65. The highest BCUT2D eigenvalue weighted by Gasteiger charge is 2.45. The topological polar surface area (TPSA) is 128 Å². The van der Waals surface area contributed by atoms with Crippen LogP contribution < -0.4 is 10.8 Å². The molecule has 2 aliphatic heterocycles. The van der Waals surface area contributed by atoms with Crippen LogP contribution in [-0.2, 0) is 19.8 Å². The first-order chi connectivity index (χ1) is 18.0. The molecular formula is C26H40ClN5O6S. The number of hydrogen-bond donors (Lipinski definition) is 2. The fraction of sp³-hybridized carbons (Fsp3) is 0.654. The number of hydrogen-bond acceptors (Lipinski definition) is 6. The number of amides is 3. The highest BCUT2D eigenvalue weighted by Crippen LogP contribution is 2.27. The lowest BCUT2D eigenvalue weighted by Gasteiger charge is -2.43. The predicted octanol–water partition coefficient (Wildman–Crippen LogP) is 2.82. The summed E-state index contributed by atoms with van der Waals surface area (Å²) in [6, 6.07) is 5.09. The maximum atomic E-state index is 13.8. The Bertz CT molecular complexity index is 1150. The Morgan fingerprint density at radius 3 is 2.08 bits per heavy atom. The molecule has 11 nitrogen and oxygen atoms in total. The number of nitrogens with zero attached hydrogens (tertiary/aromatic N) is 3. The molecule has 3 rings (SSSR count). The summed E-state index contributed by atoms with van der Waals surface area (Å²) in [5.41, 5.74) is 1.72. The van der Waals surface area contributed by atoms with E-state index in [4.69, 9.17) is 16.4 Å². The number of Topliss-reactive ketones (excluding diaryl/α,β-unsaturated/α-hetero) is 1. The summed E-state index contributed by atoms with van der Waals surface area (Å²) in [7, 11) is -4.07. The van der Waals surface area contributed by atoms with Gasteiger partial charge in [-0.15, -0.1) is 0 Å². The third-order valence-electron chi connectivity index (χ3n) is 6.44. The minimum Gasteiger partial charge on any atom is -0.333 e. The summed E-state index contributed by atoms with van der Waals surface area (Å²) in [5.74, 6) is -1.01. The number of urea groups is 1. The number of nitrogens with one attached hydrogen (secondary N) is 2. The molecule has 0 radical (unpaired) electrons. The Morgan fingerprint density at radius 2 is 1.54 bits per heavy atom. The molecule has 2 heterocycles. The molecule has 3 amide bonds. The molecule has 13 heteroatoms. The van der Waals surface area contributed by atoms with Crippen LogP contribution in [-0.4, -0.2) is 89.6 Å². The predicted molar refractivity (Wildman–Crippen MR) is 148 cm³/mol. The van der Waals surface area contributed by atoms with Gasteiger partial charge in [-0.05, 0) is 78.6 Å². The van der Waals surface area contributed by atoms with E-state index in [1.54, 1.807) is 45.0 Å². The van der Waals surface area contributed by atoms with Crippen LogP contribution >= 0.6 is 11.6 Å². The summed E-state index contributed by atoms with van der Waals surface area (Å²) < 4.78 is 30.0. The third-order valence-corrected chi connectivity index (χ3v) is 8.74. The average Bonchev–Trinajstić information content (AvgIpc) is 2.85. The van der Waals surface area contributed by atoms with Gasteiger partial charge in [0.25, 0.3) is 16.1 Å². The standard InChI is InChI=1S/C26H40ClN5O6S/c1-25(2,3)28-24(35)30-15-16-32(21(17-30)23(34)29-38-26(4,5)6)39(36,37)31-13-11-19(12-14-31)22(33)18-7-9-20(27)10-8-18/h7-10,19,21H,11-17H2,1-6H3,(H,28,35)(H,29,34). The van der Waals surface area contributed by atoms with Crippen LogP contribution in [0.4, 0.5) is 4.79 Å². The van der Waals surface area contributed by atoms with Crippen LogP contribution in [0.5, 0.6) is 0 Å². The van der Waals surface area contributed by atoms with Gasteiger partial charge >= 0.3 is 6.03 Å². The Morgan fingerprint density at radius 1 is 0.949 bits per heavy atom. The number of carbonyl (C=O) groups excluding carboxylic acids is 3. The van der Waals surface area contributed by atoms with Gasteiger partial charge in [-0.25, -0.2) is 10.3 Å². The number of rotatable bonds is 6. The molecule has 2 N–H and O–H groups in total. The van der Waals surface area contributed by atoms with Crippen molar-refractivity contribution in [3.8, 4) is 0 Å². The SMILES string of the molecule is CC(C)(C)NC(=O)N1CCN(S(=O)(=O)N2CCC(C(=O)c3ccc(Cl)cc3)CC2)C(C(=O)NOC(C)(C)C)C1. The molecule has 0 saturated carbocycles. The van der Waals surface area contributed by atoms with Gasteiger partial charge in [-0.1, -0.05) is 11.6 Å². The summed E-state index contributed by atoms with van der Waals surface area (Å²) in [6.45, 7) is 11.0. The zero-order chi connectivity index (χ0) is 29.2. The Kier molecular flexibility index (Phi) is 9.70. The van der Waals surface area contributed by atoms with Crippen molar-refractivity contribution in [2.24, 2.45) is 5.92 Å². The quantitative estimate of drug-likeness (QED) is 0.390. The Balaban J connectivity index is 1.74.